The standard InChI is InChI=1S/C19H21BrN4O2/c1-13-5-6-24-15(14(2)21-18(24)11-13)12-22-7-9-23(10-8-22)19(25)16-3-4-17(20)26-16/h3-6,11H,7-10,12H2,1-2H3. The number of nitrogens with zero attached hydrogens (tertiary/aromatic N) is 4. The molecule has 0 bridgehead atoms. The number of pyridine rings is 1. The highest BCUT2D eigenvalue weighted by molar-refractivity contribution is 9.10. The number of carbonyl (C=O) groups is 1. The molecule has 1 aliphatic heterocycles. The van der Waals surface area contributed by atoms with Crippen molar-refractivity contribution in [1.82, 2.24) is 19.2 Å². The molecule has 1 amide bonds. The number of aryl methyl sites for hydroxylation is 2. The number of imidazole rings is 1. The summed E-state index contributed by atoms with van der Waals surface area (Å²) in [4.78, 5) is 21.4. The second-order valence-electron chi connectivity index (χ2n) is 6.75. The second-order valence-corrected chi connectivity index (χ2v) is 7.53. The first-order chi connectivity index (χ1) is 12.5. The van der Waals surface area contributed by atoms with Crippen LogP contribution in [0.4, 0.5) is 0 Å². The smallest absolute Gasteiger partial charge is 0.289 e. The number of amides is 1. The Bertz CT molecular complexity index is 954. The van der Waals surface area contributed by atoms with Gasteiger partial charge in [0.1, 0.15) is 5.65 Å². The summed E-state index contributed by atoms with van der Waals surface area (Å²) >= 11 is 3.24. The molecule has 3 aromatic heterocycles. The van der Waals surface area contributed by atoms with Crippen LogP contribution < -0.4 is 0 Å². The van der Waals surface area contributed by atoms with Gasteiger partial charge in [-0.15, -0.1) is 0 Å². The number of hydrogen-bond acceptors (Lipinski definition) is 4. The maximum atomic E-state index is 12.5. The molecule has 0 spiro atoms. The molecule has 1 fully saturated rings. The lowest BCUT2D eigenvalue weighted by atomic mass is 10.2. The Hall–Kier alpha value is -2.12. The van der Waals surface area contributed by atoms with Gasteiger partial charge in [0, 0.05) is 38.9 Å². The Morgan fingerprint density at radius 2 is 1.96 bits per heavy atom. The van der Waals surface area contributed by atoms with Gasteiger partial charge >= 0.3 is 0 Å². The molecule has 0 radical (unpaired) electrons. The number of furan rings is 1. The normalized spacial score (nSPS) is 15.7. The number of carbonyl (C=O) groups excluding carboxylic acids is 1. The molecule has 0 N–H and O–H groups in total. The summed E-state index contributed by atoms with van der Waals surface area (Å²) < 4.78 is 8.13. The number of hydrogen-bond donors (Lipinski definition) is 0. The average Bonchev–Trinajstić information content (AvgIpc) is 3.18. The Morgan fingerprint density at radius 3 is 2.65 bits per heavy atom. The molecular formula is C19H21BrN4O2. The molecule has 6 nitrogen and oxygen atoms in total. The Morgan fingerprint density at radius 1 is 1.19 bits per heavy atom. The summed E-state index contributed by atoms with van der Waals surface area (Å²) in [6.45, 7) is 8.06. The Kier molecular flexibility index (Phi) is 4.58. The largest absolute Gasteiger partial charge is 0.444 e. The van der Waals surface area contributed by atoms with Crippen LogP contribution in [0.3, 0.4) is 0 Å². The molecule has 4 heterocycles. The molecule has 0 saturated carbocycles. The van der Waals surface area contributed by atoms with Crippen LogP contribution in [0.5, 0.6) is 0 Å². The van der Waals surface area contributed by atoms with Gasteiger partial charge in [-0.3, -0.25) is 9.69 Å². The molecule has 4 rings (SSSR count). The average molecular weight is 417 g/mol. The molecule has 0 atom stereocenters. The van der Waals surface area contributed by atoms with Crippen molar-refractivity contribution in [2.45, 2.75) is 20.4 Å². The Labute approximate surface area is 160 Å². The highest BCUT2D eigenvalue weighted by Crippen LogP contribution is 2.19. The van der Waals surface area contributed by atoms with Crippen molar-refractivity contribution in [1.29, 1.82) is 0 Å². The van der Waals surface area contributed by atoms with Gasteiger partial charge in [-0.1, -0.05) is 0 Å². The van der Waals surface area contributed by atoms with E-state index in [1.807, 2.05) is 4.90 Å². The predicted molar refractivity (Wildman–Crippen MR) is 102 cm³/mol. The number of aromatic nitrogens is 2. The van der Waals surface area contributed by atoms with Gasteiger partial charge < -0.3 is 13.7 Å². The fourth-order valence-corrected chi connectivity index (χ4v) is 3.72. The van der Waals surface area contributed by atoms with Crippen molar-refractivity contribution in [2.75, 3.05) is 26.2 Å². The van der Waals surface area contributed by atoms with Crippen LogP contribution in [0, 0.1) is 13.8 Å². The van der Waals surface area contributed by atoms with E-state index in [1.54, 1.807) is 12.1 Å². The number of piperazine rings is 1. The number of fused-ring (bicyclic) bond motifs is 1. The van der Waals surface area contributed by atoms with Crippen LogP contribution >= 0.6 is 15.9 Å². The predicted octanol–water partition coefficient (Wildman–Crippen LogP) is 3.26. The van der Waals surface area contributed by atoms with E-state index in [1.165, 1.54) is 11.3 Å². The maximum absolute atomic E-state index is 12.5. The van der Waals surface area contributed by atoms with Gasteiger partial charge in [-0.05, 0) is 59.6 Å². The fourth-order valence-electron chi connectivity index (χ4n) is 3.41. The molecule has 1 saturated heterocycles. The van der Waals surface area contributed by atoms with Crippen LogP contribution in [0.15, 0.2) is 39.5 Å². The topological polar surface area (TPSA) is 54.0 Å². The second kappa shape index (κ2) is 6.89. The molecule has 136 valence electrons. The van der Waals surface area contributed by atoms with E-state index in [4.69, 9.17) is 4.42 Å². The third-order valence-electron chi connectivity index (χ3n) is 4.90. The van der Waals surface area contributed by atoms with Gasteiger partial charge in [0.25, 0.3) is 5.91 Å². The first kappa shape index (κ1) is 17.3. The lowest BCUT2D eigenvalue weighted by Crippen LogP contribution is -2.48. The van der Waals surface area contributed by atoms with Crippen molar-refractivity contribution >= 4 is 27.5 Å². The first-order valence-corrected chi connectivity index (χ1v) is 9.52. The summed E-state index contributed by atoms with van der Waals surface area (Å²) in [5.74, 6) is 0.343. The summed E-state index contributed by atoms with van der Waals surface area (Å²) in [6.07, 6.45) is 2.09. The van der Waals surface area contributed by atoms with E-state index < -0.39 is 0 Å². The van der Waals surface area contributed by atoms with E-state index in [0.29, 0.717) is 23.5 Å². The maximum Gasteiger partial charge on any atom is 0.289 e. The minimum atomic E-state index is -0.0446. The minimum Gasteiger partial charge on any atom is -0.444 e. The highest BCUT2D eigenvalue weighted by atomic mass is 79.9. The number of halogens is 1. The zero-order valence-electron chi connectivity index (χ0n) is 14.9. The first-order valence-electron chi connectivity index (χ1n) is 8.72. The van der Waals surface area contributed by atoms with Crippen LogP contribution in [0.2, 0.25) is 0 Å². The fraction of sp³-hybridized carbons (Fsp3) is 0.368. The van der Waals surface area contributed by atoms with Crippen LogP contribution in [0.1, 0.15) is 27.5 Å². The quantitative estimate of drug-likeness (QED) is 0.657. The van der Waals surface area contributed by atoms with Gasteiger partial charge in [-0.25, -0.2) is 4.98 Å². The van der Waals surface area contributed by atoms with E-state index >= 15 is 0 Å². The third kappa shape index (κ3) is 3.29. The van der Waals surface area contributed by atoms with Crippen molar-refractivity contribution < 1.29 is 9.21 Å². The van der Waals surface area contributed by atoms with Gasteiger partial charge in [-0.2, -0.15) is 0 Å². The van der Waals surface area contributed by atoms with E-state index in [2.05, 4.69) is 62.4 Å². The van der Waals surface area contributed by atoms with Gasteiger partial charge in [0.15, 0.2) is 10.4 Å². The lowest BCUT2D eigenvalue weighted by molar-refractivity contribution is 0.0594. The Balaban J connectivity index is 1.43. The lowest BCUT2D eigenvalue weighted by Gasteiger charge is -2.34. The summed E-state index contributed by atoms with van der Waals surface area (Å²) in [5.41, 5.74) is 4.49. The van der Waals surface area contributed by atoms with E-state index in [-0.39, 0.29) is 5.91 Å². The van der Waals surface area contributed by atoms with Crippen LogP contribution in [-0.2, 0) is 6.54 Å². The summed E-state index contributed by atoms with van der Waals surface area (Å²) in [6, 6.07) is 7.67. The molecule has 3 aromatic rings. The van der Waals surface area contributed by atoms with Crippen molar-refractivity contribution in [2.24, 2.45) is 0 Å². The van der Waals surface area contributed by atoms with Gasteiger partial charge in [0.2, 0.25) is 0 Å². The van der Waals surface area contributed by atoms with Crippen molar-refractivity contribution in [3.05, 3.63) is 57.8 Å². The van der Waals surface area contributed by atoms with E-state index in [0.717, 1.165) is 31.0 Å². The molecule has 0 aliphatic carbocycles. The molecule has 7 heteroatoms. The highest BCUT2D eigenvalue weighted by Gasteiger charge is 2.25. The number of rotatable bonds is 3. The molecule has 0 aromatic carbocycles. The molecule has 0 unspecified atom stereocenters. The van der Waals surface area contributed by atoms with E-state index in [9.17, 15) is 4.79 Å². The summed E-state index contributed by atoms with van der Waals surface area (Å²) in [5, 5.41) is 0. The van der Waals surface area contributed by atoms with Crippen LogP contribution in [-0.4, -0.2) is 51.3 Å². The monoisotopic (exact) mass is 416 g/mol. The van der Waals surface area contributed by atoms with Crippen LogP contribution in [0.25, 0.3) is 5.65 Å². The summed E-state index contributed by atoms with van der Waals surface area (Å²) in [7, 11) is 0. The zero-order chi connectivity index (χ0) is 18.3. The minimum absolute atomic E-state index is 0.0446. The molecule has 1 aliphatic rings. The van der Waals surface area contributed by atoms with Crippen molar-refractivity contribution in [3.63, 3.8) is 0 Å². The molecule has 26 heavy (non-hydrogen) atoms. The molecular weight excluding hydrogens is 396 g/mol. The zero-order valence-corrected chi connectivity index (χ0v) is 16.5. The van der Waals surface area contributed by atoms with Crippen molar-refractivity contribution in [3.8, 4) is 0 Å². The van der Waals surface area contributed by atoms with Gasteiger partial charge in [0.05, 0.1) is 11.4 Å². The SMILES string of the molecule is Cc1ccn2c(CN3CCN(C(=O)c4ccc(Br)o4)CC3)c(C)nc2c1. The third-order valence-corrected chi connectivity index (χ3v) is 5.32.